The minimum Gasteiger partial charge on any atom is -0.465 e. The van der Waals surface area contributed by atoms with E-state index in [1.807, 2.05) is 36.4 Å². The molecule has 1 aliphatic heterocycles. The van der Waals surface area contributed by atoms with Crippen molar-refractivity contribution in [2.24, 2.45) is 13.0 Å². The van der Waals surface area contributed by atoms with E-state index in [2.05, 4.69) is 33.1 Å². The first-order valence-corrected chi connectivity index (χ1v) is 13.5. The van der Waals surface area contributed by atoms with Gasteiger partial charge in [0.2, 0.25) is 5.16 Å². The molecule has 0 saturated carbocycles. The molecule has 0 bridgehead atoms. The monoisotopic (exact) mass is 556 g/mol. The number of aromatic nitrogens is 4. The summed E-state index contributed by atoms with van der Waals surface area (Å²) in [5.74, 6) is 0.118. The zero-order valence-corrected chi connectivity index (χ0v) is 22.8. The van der Waals surface area contributed by atoms with Gasteiger partial charge in [0.15, 0.2) is 6.29 Å². The average Bonchev–Trinajstić information content (AvgIpc) is 3.36. The van der Waals surface area contributed by atoms with E-state index in [1.165, 1.54) is 11.8 Å². The lowest BCUT2D eigenvalue weighted by Gasteiger charge is -2.41. The number of aryl methyl sites for hydroxylation is 1. The first-order valence-electron chi connectivity index (χ1n) is 12.5. The van der Waals surface area contributed by atoms with Gasteiger partial charge in [0.25, 0.3) is 0 Å². The summed E-state index contributed by atoms with van der Waals surface area (Å²) in [4.78, 5) is 23.6. The van der Waals surface area contributed by atoms with Crippen molar-refractivity contribution >= 4 is 29.4 Å². The number of carbonyl (C=O) groups excluding carboxylic acids is 2. The minimum atomic E-state index is -0.654. The summed E-state index contributed by atoms with van der Waals surface area (Å²) in [6, 6.07) is 14.3. The highest BCUT2D eigenvalue weighted by Crippen LogP contribution is 2.43. The smallest absolute Gasteiger partial charge is 0.325 e. The zero-order chi connectivity index (χ0) is 27.8. The standard InChI is InChI=1S/C26H32N6O6S/c1-4-36-22(34)13-27-25(35)28-20-11-9-19(10-12-20)24-37-21(15-39-26-29-30-31-32(26)3)16(2)23(38-24)18-7-5-17(14-33)6-8-18/h5-12,16,21,23-24,33H,4,13-15H2,1-3H3,(H2,27,28,35)/t16-,21+,23+,24+/m0/s1. The van der Waals surface area contributed by atoms with Crippen molar-refractivity contribution < 1.29 is 28.9 Å². The molecule has 12 nitrogen and oxygen atoms in total. The molecule has 1 saturated heterocycles. The third-order valence-corrected chi connectivity index (χ3v) is 7.32. The van der Waals surface area contributed by atoms with Crippen molar-refractivity contribution in [1.82, 2.24) is 25.5 Å². The molecular formula is C26H32N6O6S. The van der Waals surface area contributed by atoms with E-state index in [9.17, 15) is 14.7 Å². The molecular weight excluding hydrogens is 524 g/mol. The Morgan fingerprint density at radius 3 is 2.46 bits per heavy atom. The molecule has 0 aliphatic carbocycles. The van der Waals surface area contributed by atoms with Crippen molar-refractivity contribution in [3.8, 4) is 0 Å². The molecule has 13 heteroatoms. The van der Waals surface area contributed by atoms with Crippen LogP contribution in [0.25, 0.3) is 0 Å². The lowest BCUT2D eigenvalue weighted by molar-refractivity contribution is -0.268. The number of tetrazole rings is 1. The fraction of sp³-hybridized carbons (Fsp3) is 0.423. The zero-order valence-electron chi connectivity index (χ0n) is 21.9. The number of hydrogen-bond donors (Lipinski definition) is 3. The second kappa shape index (κ2) is 13.5. The molecule has 2 amide bonds. The van der Waals surface area contributed by atoms with Gasteiger partial charge in [0.1, 0.15) is 6.54 Å². The van der Waals surface area contributed by atoms with Gasteiger partial charge in [0, 0.05) is 30.0 Å². The number of aliphatic hydroxyl groups excluding tert-OH is 1. The molecule has 208 valence electrons. The Labute approximate surface area is 230 Å². The molecule has 4 atom stereocenters. The van der Waals surface area contributed by atoms with Gasteiger partial charge in [0.05, 0.1) is 25.4 Å². The number of amides is 2. The van der Waals surface area contributed by atoms with Crippen LogP contribution in [0.15, 0.2) is 53.7 Å². The second-order valence-electron chi connectivity index (χ2n) is 8.95. The van der Waals surface area contributed by atoms with Gasteiger partial charge in [-0.1, -0.05) is 55.1 Å². The van der Waals surface area contributed by atoms with Gasteiger partial charge in [-0.15, -0.1) is 5.10 Å². The van der Waals surface area contributed by atoms with Gasteiger partial charge in [-0.25, -0.2) is 9.48 Å². The number of esters is 1. The number of nitrogens with one attached hydrogen (secondary N) is 2. The highest BCUT2D eigenvalue weighted by atomic mass is 32.2. The summed E-state index contributed by atoms with van der Waals surface area (Å²) < 4.78 is 19.3. The molecule has 4 rings (SSSR count). The van der Waals surface area contributed by atoms with E-state index in [1.54, 1.807) is 30.8 Å². The van der Waals surface area contributed by atoms with Crippen molar-refractivity contribution in [3.05, 3.63) is 65.2 Å². The Hall–Kier alpha value is -3.52. The van der Waals surface area contributed by atoms with E-state index in [-0.39, 0.29) is 37.9 Å². The van der Waals surface area contributed by atoms with Crippen LogP contribution in [0.4, 0.5) is 10.5 Å². The molecule has 3 aromatic rings. The molecule has 2 heterocycles. The Morgan fingerprint density at radius 2 is 1.82 bits per heavy atom. The number of urea groups is 1. The highest BCUT2D eigenvalue weighted by molar-refractivity contribution is 7.99. The quantitative estimate of drug-likeness (QED) is 0.251. The summed E-state index contributed by atoms with van der Waals surface area (Å²) in [5, 5.41) is 26.9. The Balaban J connectivity index is 1.47. The van der Waals surface area contributed by atoms with Crippen LogP contribution in [-0.2, 0) is 32.7 Å². The number of anilines is 1. The number of carbonyl (C=O) groups is 2. The molecule has 1 aliphatic rings. The lowest BCUT2D eigenvalue weighted by atomic mass is 9.91. The topological polar surface area (TPSA) is 150 Å². The minimum absolute atomic E-state index is 0.0129. The van der Waals surface area contributed by atoms with E-state index in [4.69, 9.17) is 14.2 Å². The van der Waals surface area contributed by atoms with Gasteiger partial charge in [-0.05, 0) is 40.6 Å². The van der Waals surface area contributed by atoms with Crippen molar-refractivity contribution in [2.75, 3.05) is 24.2 Å². The molecule has 0 radical (unpaired) electrons. The Bertz CT molecular complexity index is 1240. The maximum atomic E-state index is 12.1. The summed E-state index contributed by atoms with van der Waals surface area (Å²) in [5.41, 5.74) is 3.14. The van der Waals surface area contributed by atoms with Crippen molar-refractivity contribution in [1.29, 1.82) is 0 Å². The van der Waals surface area contributed by atoms with E-state index in [0.717, 1.165) is 16.7 Å². The molecule has 1 fully saturated rings. The first-order chi connectivity index (χ1) is 18.9. The molecule has 0 unspecified atom stereocenters. The third-order valence-electron chi connectivity index (χ3n) is 6.22. The van der Waals surface area contributed by atoms with Crippen LogP contribution in [0.3, 0.4) is 0 Å². The summed E-state index contributed by atoms with van der Waals surface area (Å²) in [7, 11) is 1.79. The number of hydrogen-bond acceptors (Lipinski definition) is 10. The number of rotatable bonds is 10. The highest BCUT2D eigenvalue weighted by Gasteiger charge is 2.38. The van der Waals surface area contributed by atoms with Crippen molar-refractivity contribution in [2.45, 2.75) is 44.1 Å². The fourth-order valence-electron chi connectivity index (χ4n) is 4.07. The molecule has 39 heavy (non-hydrogen) atoms. The number of nitrogens with zero attached hydrogens (tertiary/aromatic N) is 4. The van der Waals surface area contributed by atoms with Gasteiger partial charge in [-0.3, -0.25) is 4.79 Å². The fourth-order valence-corrected chi connectivity index (χ4v) is 5.09. The lowest BCUT2D eigenvalue weighted by Crippen LogP contribution is -2.38. The van der Waals surface area contributed by atoms with Crippen LogP contribution in [0.2, 0.25) is 0 Å². The van der Waals surface area contributed by atoms with E-state index < -0.39 is 18.3 Å². The summed E-state index contributed by atoms with van der Waals surface area (Å²) >= 11 is 1.51. The number of benzene rings is 2. The molecule has 0 spiro atoms. The van der Waals surface area contributed by atoms with Crippen LogP contribution in [-0.4, -0.2) is 62.3 Å². The predicted octanol–water partition coefficient (Wildman–Crippen LogP) is 2.97. The van der Waals surface area contributed by atoms with Gasteiger partial charge < -0.3 is 30.0 Å². The van der Waals surface area contributed by atoms with Gasteiger partial charge in [-0.2, -0.15) is 0 Å². The van der Waals surface area contributed by atoms with Crippen molar-refractivity contribution in [3.63, 3.8) is 0 Å². The van der Waals surface area contributed by atoms with Gasteiger partial charge >= 0.3 is 12.0 Å². The number of aliphatic hydroxyl groups is 1. The van der Waals surface area contributed by atoms with E-state index in [0.29, 0.717) is 16.6 Å². The van der Waals surface area contributed by atoms with E-state index >= 15 is 0 Å². The largest absolute Gasteiger partial charge is 0.465 e. The second-order valence-corrected chi connectivity index (χ2v) is 9.94. The van der Waals surface area contributed by atoms with Crippen LogP contribution < -0.4 is 10.6 Å². The Morgan fingerprint density at radius 1 is 1.10 bits per heavy atom. The third kappa shape index (κ3) is 7.53. The first kappa shape index (κ1) is 28.5. The molecule has 1 aromatic heterocycles. The predicted molar refractivity (Wildman–Crippen MR) is 143 cm³/mol. The maximum Gasteiger partial charge on any atom is 0.325 e. The normalized spacial score (nSPS) is 20.8. The Kier molecular flexibility index (Phi) is 9.87. The number of ether oxygens (including phenoxy) is 3. The van der Waals surface area contributed by atoms with Crippen LogP contribution in [0.5, 0.6) is 0 Å². The van der Waals surface area contributed by atoms with Crippen LogP contribution in [0.1, 0.15) is 42.9 Å². The summed E-state index contributed by atoms with van der Waals surface area (Å²) in [6.45, 7) is 3.79. The SMILES string of the molecule is CCOC(=O)CNC(=O)Nc1ccc([C@@H]2O[C@H](CSc3nnnn3C)[C@H](C)[C@H](c3ccc(CO)cc3)O2)cc1. The molecule has 3 N–H and O–H groups in total. The summed E-state index contributed by atoms with van der Waals surface area (Å²) in [6.07, 6.45) is -1.09. The maximum absolute atomic E-state index is 12.1. The molecule has 2 aromatic carbocycles. The van der Waals surface area contributed by atoms with Crippen LogP contribution in [0, 0.1) is 5.92 Å². The number of thioether (sulfide) groups is 1. The average molecular weight is 557 g/mol. The van der Waals surface area contributed by atoms with Crippen LogP contribution >= 0.6 is 11.8 Å².